The highest BCUT2D eigenvalue weighted by Gasteiger charge is 2.17. The molecular formula is C19H30N4O. The van der Waals surface area contributed by atoms with Crippen LogP contribution in [0.15, 0.2) is 29.3 Å². The number of rotatable bonds is 6. The van der Waals surface area contributed by atoms with Gasteiger partial charge in [-0.1, -0.05) is 25.5 Å². The fourth-order valence-corrected chi connectivity index (χ4v) is 2.83. The van der Waals surface area contributed by atoms with Gasteiger partial charge < -0.3 is 15.5 Å². The van der Waals surface area contributed by atoms with Crippen molar-refractivity contribution in [2.75, 3.05) is 26.7 Å². The molecule has 1 aliphatic heterocycles. The molecule has 1 aromatic carbocycles. The predicted octanol–water partition coefficient (Wildman–Crippen LogP) is 2.78. The number of unbranched alkanes of at least 4 members (excludes halogenated alkanes) is 1. The van der Waals surface area contributed by atoms with E-state index in [0.717, 1.165) is 62.4 Å². The zero-order valence-electron chi connectivity index (χ0n) is 15.0. The van der Waals surface area contributed by atoms with Gasteiger partial charge >= 0.3 is 0 Å². The van der Waals surface area contributed by atoms with Gasteiger partial charge in [-0.05, 0) is 43.4 Å². The summed E-state index contributed by atoms with van der Waals surface area (Å²) in [7, 11) is 1.78. The highest BCUT2D eigenvalue weighted by atomic mass is 16.2. The summed E-state index contributed by atoms with van der Waals surface area (Å²) in [5.74, 6) is 0.975. The van der Waals surface area contributed by atoms with E-state index in [2.05, 4.69) is 22.5 Å². The van der Waals surface area contributed by atoms with Gasteiger partial charge in [-0.25, -0.2) is 0 Å². The van der Waals surface area contributed by atoms with E-state index in [1.54, 1.807) is 7.05 Å². The summed E-state index contributed by atoms with van der Waals surface area (Å²) in [6.45, 7) is 5.58. The molecule has 0 unspecified atom stereocenters. The van der Waals surface area contributed by atoms with Crippen LogP contribution in [0.2, 0.25) is 0 Å². The number of aliphatic imine (C=N–C) groups is 1. The quantitative estimate of drug-likeness (QED) is 0.479. The molecule has 24 heavy (non-hydrogen) atoms. The second-order valence-electron chi connectivity index (χ2n) is 6.26. The van der Waals surface area contributed by atoms with E-state index in [0.29, 0.717) is 6.54 Å². The Hall–Kier alpha value is -2.04. The van der Waals surface area contributed by atoms with Crippen molar-refractivity contribution in [3.63, 3.8) is 0 Å². The van der Waals surface area contributed by atoms with E-state index < -0.39 is 0 Å². The van der Waals surface area contributed by atoms with Crippen molar-refractivity contribution in [1.29, 1.82) is 0 Å². The van der Waals surface area contributed by atoms with Crippen LogP contribution in [-0.2, 0) is 6.54 Å². The number of likely N-dealkylation sites (tertiary alicyclic amines) is 1. The van der Waals surface area contributed by atoms with Gasteiger partial charge in [-0.15, -0.1) is 0 Å². The van der Waals surface area contributed by atoms with Crippen LogP contribution in [0, 0.1) is 0 Å². The molecule has 0 spiro atoms. The summed E-state index contributed by atoms with van der Waals surface area (Å²) in [6.07, 6.45) is 5.78. The van der Waals surface area contributed by atoms with Crippen LogP contribution in [0.25, 0.3) is 0 Å². The van der Waals surface area contributed by atoms with Gasteiger partial charge in [-0.3, -0.25) is 9.79 Å². The summed E-state index contributed by atoms with van der Waals surface area (Å²) in [5, 5.41) is 6.59. The van der Waals surface area contributed by atoms with E-state index in [4.69, 9.17) is 0 Å². The minimum atomic E-state index is 0.159. The lowest BCUT2D eigenvalue weighted by atomic mass is 10.1. The highest BCUT2D eigenvalue weighted by Crippen LogP contribution is 2.13. The standard InChI is InChI=1S/C19H30N4O/c1-3-4-12-21-19(20-2)22-15-16-8-10-17(11-9-16)18(24)23-13-6-5-7-14-23/h8-11H,3-7,12-15H2,1-2H3,(H2,20,21,22). The average molecular weight is 330 g/mol. The highest BCUT2D eigenvalue weighted by molar-refractivity contribution is 5.94. The summed E-state index contributed by atoms with van der Waals surface area (Å²) in [4.78, 5) is 18.6. The lowest BCUT2D eigenvalue weighted by molar-refractivity contribution is 0.0724. The van der Waals surface area contributed by atoms with E-state index in [-0.39, 0.29) is 5.91 Å². The third kappa shape index (κ3) is 5.55. The number of carbonyl (C=O) groups is 1. The van der Waals surface area contributed by atoms with Crippen LogP contribution in [0.5, 0.6) is 0 Å². The number of amides is 1. The average Bonchev–Trinajstić information content (AvgIpc) is 2.65. The molecule has 1 fully saturated rings. The van der Waals surface area contributed by atoms with Gasteiger partial charge in [0, 0.05) is 38.8 Å². The van der Waals surface area contributed by atoms with Crippen molar-refractivity contribution in [3.8, 4) is 0 Å². The Kier molecular flexibility index (Phi) is 7.59. The Morgan fingerprint density at radius 2 is 1.83 bits per heavy atom. The van der Waals surface area contributed by atoms with Crippen LogP contribution >= 0.6 is 0 Å². The number of nitrogens with one attached hydrogen (secondary N) is 2. The molecule has 0 aromatic heterocycles. The fraction of sp³-hybridized carbons (Fsp3) is 0.579. The van der Waals surface area contributed by atoms with Gasteiger partial charge in [0.2, 0.25) is 0 Å². The molecule has 0 radical (unpaired) electrons. The smallest absolute Gasteiger partial charge is 0.253 e. The topological polar surface area (TPSA) is 56.7 Å². The van der Waals surface area contributed by atoms with Gasteiger partial charge in [0.25, 0.3) is 5.91 Å². The van der Waals surface area contributed by atoms with Crippen LogP contribution < -0.4 is 10.6 Å². The van der Waals surface area contributed by atoms with Gasteiger partial charge in [0.05, 0.1) is 0 Å². The zero-order valence-corrected chi connectivity index (χ0v) is 15.0. The van der Waals surface area contributed by atoms with Gasteiger partial charge in [0.1, 0.15) is 0 Å². The first kappa shape index (κ1) is 18.3. The first-order valence-electron chi connectivity index (χ1n) is 9.07. The summed E-state index contributed by atoms with van der Waals surface area (Å²) < 4.78 is 0. The second kappa shape index (κ2) is 9.96. The first-order valence-corrected chi connectivity index (χ1v) is 9.07. The molecule has 1 aromatic rings. The molecule has 5 nitrogen and oxygen atoms in total. The third-order valence-electron chi connectivity index (χ3n) is 4.35. The Balaban J connectivity index is 1.84. The number of hydrogen-bond acceptors (Lipinski definition) is 2. The zero-order chi connectivity index (χ0) is 17.2. The maximum absolute atomic E-state index is 12.5. The largest absolute Gasteiger partial charge is 0.356 e. The Morgan fingerprint density at radius 1 is 1.12 bits per heavy atom. The van der Waals surface area contributed by atoms with E-state index >= 15 is 0 Å². The molecule has 1 heterocycles. The minimum absolute atomic E-state index is 0.159. The summed E-state index contributed by atoms with van der Waals surface area (Å²) in [6, 6.07) is 7.90. The van der Waals surface area contributed by atoms with Crippen molar-refractivity contribution in [3.05, 3.63) is 35.4 Å². The molecule has 1 aliphatic rings. The normalized spacial score (nSPS) is 15.2. The number of nitrogens with zero attached hydrogens (tertiary/aromatic N) is 2. The monoisotopic (exact) mass is 330 g/mol. The minimum Gasteiger partial charge on any atom is -0.356 e. The number of piperidine rings is 1. The number of hydrogen-bond donors (Lipinski definition) is 2. The number of carbonyl (C=O) groups excluding carboxylic acids is 1. The molecule has 0 aliphatic carbocycles. The maximum Gasteiger partial charge on any atom is 0.253 e. The summed E-state index contributed by atoms with van der Waals surface area (Å²) >= 11 is 0. The first-order chi connectivity index (χ1) is 11.7. The van der Waals surface area contributed by atoms with Crippen molar-refractivity contribution < 1.29 is 4.79 Å². The summed E-state index contributed by atoms with van der Waals surface area (Å²) in [5.41, 5.74) is 1.93. The van der Waals surface area contributed by atoms with Crippen LogP contribution in [0.4, 0.5) is 0 Å². The third-order valence-corrected chi connectivity index (χ3v) is 4.35. The molecule has 0 atom stereocenters. The molecular weight excluding hydrogens is 300 g/mol. The van der Waals surface area contributed by atoms with Gasteiger partial charge in [-0.2, -0.15) is 0 Å². The Morgan fingerprint density at radius 3 is 2.46 bits per heavy atom. The number of benzene rings is 1. The van der Waals surface area contributed by atoms with Crippen LogP contribution in [-0.4, -0.2) is 43.4 Å². The van der Waals surface area contributed by atoms with Crippen molar-refractivity contribution in [2.45, 2.75) is 45.6 Å². The van der Waals surface area contributed by atoms with Crippen molar-refractivity contribution in [2.24, 2.45) is 4.99 Å². The fourth-order valence-electron chi connectivity index (χ4n) is 2.83. The predicted molar refractivity (Wildman–Crippen MR) is 99.3 cm³/mol. The Bertz CT molecular complexity index is 533. The van der Waals surface area contributed by atoms with E-state index in [1.807, 2.05) is 29.2 Å². The molecule has 0 saturated carbocycles. The molecule has 2 rings (SSSR count). The van der Waals surface area contributed by atoms with Crippen molar-refractivity contribution >= 4 is 11.9 Å². The molecule has 1 amide bonds. The lowest BCUT2D eigenvalue weighted by Gasteiger charge is -2.26. The van der Waals surface area contributed by atoms with E-state index in [9.17, 15) is 4.79 Å². The van der Waals surface area contributed by atoms with Crippen LogP contribution in [0.3, 0.4) is 0 Å². The molecule has 0 bridgehead atoms. The SMILES string of the molecule is CCCCNC(=NC)NCc1ccc(C(=O)N2CCCCC2)cc1. The lowest BCUT2D eigenvalue weighted by Crippen LogP contribution is -2.37. The van der Waals surface area contributed by atoms with Crippen LogP contribution in [0.1, 0.15) is 54.9 Å². The number of guanidine groups is 1. The molecule has 132 valence electrons. The second-order valence-corrected chi connectivity index (χ2v) is 6.26. The van der Waals surface area contributed by atoms with Gasteiger partial charge in [0.15, 0.2) is 5.96 Å². The van der Waals surface area contributed by atoms with E-state index in [1.165, 1.54) is 6.42 Å². The van der Waals surface area contributed by atoms with Crippen molar-refractivity contribution in [1.82, 2.24) is 15.5 Å². The molecule has 5 heteroatoms. The Labute approximate surface area is 145 Å². The maximum atomic E-state index is 12.5. The molecule has 2 N–H and O–H groups in total. The molecule has 1 saturated heterocycles.